The summed E-state index contributed by atoms with van der Waals surface area (Å²) < 4.78 is 5.97. The molecule has 98 valence electrons. The summed E-state index contributed by atoms with van der Waals surface area (Å²) >= 11 is 0. The van der Waals surface area contributed by atoms with Crippen molar-refractivity contribution in [2.75, 3.05) is 6.61 Å². The summed E-state index contributed by atoms with van der Waals surface area (Å²) in [4.78, 5) is 11.0. The number of hydrogen-bond donors (Lipinski definition) is 1. The highest BCUT2D eigenvalue weighted by atomic mass is 28.4. The van der Waals surface area contributed by atoms with Crippen molar-refractivity contribution in [2.24, 2.45) is 5.41 Å². The van der Waals surface area contributed by atoms with E-state index >= 15 is 0 Å². The summed E-state index contributed by atoms with van der Waals surface area (Å²) in [6, 6.07) is 0.988. The molecule has 1 heterocycles. The molecule has 0 spiro atoms. The molecular formula is C13H24O3Si. The Bertz CT molecular complexity index is 312. The van der Waals surface area contributed by atoms with Gasteiger partial charge in [-0.05, 0) is 32.5 Å². The molecule has 0 radical (unpaired) electrons. The number of rotatable bonds is 4. The average Bonchev–Trinajstić information content (AvgIpc) is 2.35. The molecule has 2 atom stereocenters. The minimum atomic E-state index is -1.59. The Labute approximate surface area is 105 Å². The Morgan fingerprint density at radius 3 is 2.82 bits per heavy atom. The van der Waals surface area contributed by atoms with Gasteiger partial charge in [0.15, 0.2) is 8.32 Å². The van der Waals surface area contributed by atoms with Crippen LogP contribution in [0.4, 0.5) is 0 Å². The van der Waals surface area contributed by atoms with Crippen LogP contribution in [-0.2, 0) is 9.22 Å². The van der Waals surface area contributed by atoms with Gasteiger partial charge in [-0.2, -0.15) is 0 Å². The number of carbonyl (C=O) groups excluding carboxylic acids is 1. The van der Waals surface area contributed by atoms with Gasteiger partial charge in [-0.1, -0.05) is 19.1 Å². The average molecular weight is 256 g/mol. The lowest BCUT2D eigenvalue weighted by Gasteiger charge is -2.32. The van der Waals surface area contributed by atoms with Crippen molar-refractivity contribution in [3.05, 3.63) is 12.2 Å². The van der Waals surface area contributed by atoms with E-state index in [1.54, 1.807) is 6.92 Å². The summed E-state index contributed by atoms with van der Waals surface area (Å²) in [6.45, 7) is 8.49. The molecule has 1 rings (SSSR count). The quantitative estimate of drug-likeness (QED) is 0.621. The zero-order valence-electron chi connectivity index (χ0n) is 11.3. The van der Waals surface area contributed by atoms with E-state index in [1.165, 1.54) is 0 Å². The van der Waals surface area contributed by atoms with E-state index in [-0.39, 0.29) is 11.2 Å². The Kier molecular flexibility index (Phi) is 4.69. The largest absolute Gasteiger partial charge is 0.416 e. The van der Waals surface area contributed by atoms with Gasteiger partial charge in [0.1, 0.15) is 5.78 Å². The SMILES string of the molecule is CC(=O)CC[C@H](O)C1(C)C=CC[Si](C)(C)OC1. The fraction of sp³-hybridized carbons (Fsp3) is 0.769. The number of aliphatic hydroxyl groups excluding tert-OH is 1. The van der Waals surface area contributed by atoms with Crippen LogP contribution < -0.4 is 0 Å². The van der Waals surface area contributed by atoms with Crippen LogP contribution in [0.2, 0.25) is 19.1 Å². The minimum absolute atomic E-state index is 0.126. The van der Waals surface area contributed by atoms with E-state index in [9.17, 15) is 9.90 Å². The lowest BCUT2D eigenvalue weighted by molar-refractivity contribution is -0.118. The third-order valence-electron chi connectivity index (χ3n) is 3.41. The fourth-order valence-electron chi connectivity index (χ4n) is 1.95. The van der Waals surface area contributed by atoms with Crippen molar-refractivity contribution in [1.29, 1.82) is 0 Å². The lowest BCUT2D eigenvalue weighted by Crippen LogP contribution is -2.38. The maximum atomic E-state index is 11.0. The summed E-state index contributed by atoms with van der Waals surface area (Å²) in [7, 11) is -1.59. The van der Waals surface area contributed by atoms with E-state index < -0.39 is 14.4 Å². The highest BCUT2D eigenvalue weighted by Crippen LogP contribution is 2.32. The predicted octanol–water partition coefficient (Wildman–Crippen LogP) is 2.51. The summed E-state index contributed by atoms with van der Waals surface area (Å²) in [6.07, 6.45) is 4.65. The first-order valence-electron chi connectivity index (χ1n) is 6.24. The van der Waals surface area contributed by atoms with Gasteiger partial charge in [-0.25, -0.2) is 0 Å². The molecule has 1 aliphatic heterocycles. The number of carbonyl (C=O) groups is 1. The van der Waals surface area contributed by atoms with Gasteiger partial charge in [0.25, 0.3) is 0 Å². The van der Waals surface area contributed by atoms with Crippen molar-refractivity contribution in [2.45, 2.75) is 51.9 Å². The predicted molar refractivity (Wildman–Crippen MR) is 71.4 cm³/mol. The molecule has 0 aliphatic carbocycles. The van der Waals surface area contributed by atoms with Crippen molar-refractivity contribution in [1.82, 2.24) is 0 Å². The zero-order chi connectivity index (χ0) is 13.1. The van der Waals surface area contributed by atoms with Crippen LogP contribution in [0.5, 0.6) is 0 Å². The molecule has 0 fully saturated rings. The highest BCUT2D eigenvalue weighted by molar-refractivity contribution is 6.71. The van der Waals surface area contributed by atoms with Crippen molar-refractivity contribution in [3.63, 3.8) is 0 Å². The number of Topliss-reactive ketones (excluding diaryl/α,β-unsaturated/α-hetero) is 1. The van der Waals surface area contributed by atoms with Crippen LogP contribution in [0, 0.1) is 5.41 Å². The molecule has 0 saturated heterocycles. The molecule has 3 nitrogen and oxygen atoms in total. The Hall–Kier alpha value is -0.453. The number of ketones is 1. The number of allylic oxidation sites excluding steroid dienone is 1. The van der Waals surface area contributed by atoms with E-state index in [1.807, 2.05) is 6.92 Å². The second-order valence-electron chi connectivity index (χ2n) is 5.92. The van der Waals surface area contributed by atoms with Gasteiger partial charge in [-0.3, -0.25) is 0 Å². The minimum Gasteiger partial charge on any atom is -0.416 e. The molecule has 17 heavy (non-hydrogen) atoms. The summed E-state index contributed by atoms with van der Waals surface area (Å²) in [5.74, 6) is 0.126. The van der Waals surface area contributed by atoms with Gasteiger partial charge >= 0.3 is 0 Å². The second kappa shape index (κ2) is 5.46. The summed E-state index contributed by atoms with van der Waals surface area (Å²) in [5, 5.41) is 10.2. The number of hydrogen-bond acceptors (Lipinski definition) is 3. The van der Waals surface area contributed by atoms with Gasteiger partial charge < -0.3 is 14.3 Å². The first-order chi connectivity index (χ1) is 7.75. The van der Waals surface area contributed by atoms with Crippen molar-refractivity contribution in [3.8, 4) is 0 Å². The molecule has 0 saturated carbocycles. The Morgan fingerprint density at radius 1 is 1.59 bits per heavy atom. The topological polar surface area (TPSA) is 46.5 Å². The molecule has 0 aromatic rings. The molecule has 0 aromatic heterocycles. The van der Waals surface area contributed by atoms with Crippen molar-refractivity contribution >= 4 is 14.1 Å². The first kappa shape index (κ1) is 14.6. The normalized spacial score (nSPS) is 29.7. The van der Waals surface area contributed by atoms with Crippen LogP contribution in [0.1, 0.15) is 26.7 Å². The Balaban J connectivity index is 2.64. The Morgan fingerprint density at radius 2 is 2.24 bits per heavy atom. The van der Waals surface area contributed by atoms with Gasteiger partial charge in [0.05, 0.1) is 6.10 Å². The molecular weight excluding hydrogens is 232 g/mol. The third kappa shape index (κ3) is 4.37. The molecule has 1 unspecified atom stereocenters. The van der Waals surface area contributed by atoms with Crippen LogP contribution >= 0.6 is 0 Å². The zero-order valence-corrected chi connectivity index (χ0v) is 12.3. The number of aliphatic hydroxyl groups is 1. The van der Waals surface area contributed by atoms with Gasteiger partial charge in [0, 0.05) is 18.4 Å². The molecule has 0 aromatic carbocycles. The lowest BCUT2D eigenvalue weighted by atomic mass is 9.82. The molecule has 4 heteroatoms. The van der Waals surface area contributed by atoms with E-state index in [0.717, 1.165) is 6.04 Å². The van der Waals surface area contributed by atoms with E-state index in [0.29, 0.717) is 19.4 Å². The van der Waals surface area contributed by atoms with E-state index in [4.69, 9.17) is 4.43 Å². The van der Waals surface area contributed by atoms with Crippen LogP contribution in [0.3, 0.4) is 0 Å². The molecule has 0 bridgehead atoms. The molecule has 1 aliphatic rings. The molecule has 0 amide bonds. The van der Waals surface area contributed by atoms with Crippen LogP contribution in [-0.4, -0.2) is 31.9 Å². The van der Waals surface area contributed by atoms with Gasteiger partial charge in [-0.15, -0.1) is 0 Å². The van der Waals surface area contributed by atoms with Gasteiger partial charge in [0.2, 0.25) is 0 Å². The summed E-state index contributed by atoms with van der Waals surface area (Å²) in [5.41, 5.74) is -0.351. The van der Waals surface area contributed by atoms with E-state index in [2.05, 4.69) is 25.2 Å². The monoisotopic (exact) mass is 256 g/mol. The highest BCUT2D eigenvalue weighted by Gasteiger charge is 2.35. The third-order valence-corrected chi connectivity index (χ3v) is 5.56. The molecule has 1 N–H and O–H groups in total. The van der Waals surface area contributed by atoms with Crippen LogP contribution in [0.25, 0.3) is 0 Å². The first-order valence-corrected chi connectivity index (χ1v) is 9.36. The maximum Gasteiger partial charge on any atom is 0.190 e. The second-order valence-corrected chi connectivity index (χ2v) is 10.1. The standard InChI is InChI=1S/C13H24O3Si/c1-11(14)6-7-12(15)13(2)8-5-9-17(3,4)16-10-13/h5,8,12,15H,6-7,9-10H2,1-4H3/t12-,13?/m0/s1. The van der Waals surface area contributed by atoms with Crippen molar-refractivity contribution < 1.29 is 14.3 Å². The van der Waals surface area contributed by atoms with Crippen LogP contribution in [0.15, 0.2) is 12.2 Å². The smallest absolute Gasteiger partial charge is 0.190 e. The fourth-order valence-corrected chi connectivity index (χ4v) is 3.45. The maximum absolute atomic E-state index is 11.0.